The number of hydrogen-bond donors (Lipinski definition) is 2. The Morgan fingerprint density at radius 2 is 2.18 bits per heavy atom. The lowest BCUT2D eigenvalue weighted by Crippen LogP contribution is -1.91. The van der Waals surface area contributed by atoms with Crippen LogP contribution in [-0.2, 0) is 0 Å². The molecule has 0 radical (unpaired) electrons. The van der Waals surface area contributed by atoms with E-state index in [2.05, 4.69) is 11.9 Å². The summed E-state index contributed by atoms with van der Waals surface area (Å²) >= 11 is 1.94. The largest absolute Gasteiger partial charge is 0.368 e. The molecule has 0 aromatic heterocycles. The molecule has 0 atom stereocenters. The Balaban J connectivity index is 3.94. The quantitative estimate of drug-likeness (QED) is 0.456. The molecular formula is C8H11IN2. The van der Waals surface area contributed by atoms with Gasteiger partial charge in [-0.25, -0.2) is 0 Å². The zero-order valence-corrected chi connectivity index (χ0v) is 8.55. The minimum atomic E-state index is 0.522. The molecule has 0 amide bonds. The van der Waals surface area contributed by atoms with Gasteiger partial charge < -0.3 is 5.32 Å². The first-order valence-corrected chi connectivity index (χ1v) is 4.20. The zero-order chi connectivity index (χ0) is 8.69. The molecule has 2 N–H and O–H groups in total. The van der Waals surface area contributed by atoms with Crippen LogP contribution >= 0.6 is 22.6 Å². The Morgan fingerprint density at radius 1 is 1.55 bits per heavy atom. The van der Waals surface area contributed by atoms with Gasteiger partial charge in [-0.1, -0.05) is 12.7 Å². The average Bonchev–Trinajstić information content (AvgIpc) is 1.97. The highest BCUT2D eigenvalue weighted by Gasteiger charge is 1.80. The second-order valence-corrected chi connectivity index (χ2v) is 3.10. The van der Waals surface area contributed by atoms with Crippen LogP contribution in [0, 0.1) is 5.41 Å². The molecule has 0 saturated carbocycles. The third-order valence-electron chi connectivity index (χ3n) is 0.921. The molecule has 0 aromatic rings. The fourth-order valence-corrected chi connectivity index (χ4v) is 0.623. The predicted octanol–water partition coefficient (Wildman–Crippen LogP) is 2.59. The van der Waals surface area contributed by atoms with Crippen LogP contribution in [0.2, 0.25) is 0 Å². The van der Waals surface area contributed by atoms with Crippen molar-refractivity contribution in [3.8, 4) is 0 Å². The van der Waals surface area contributed by atoms with Crippen molar-refractivity contribution in [1.82, 2.24) is 5.32 Å². The molecule has 0 aromatic carbocycles. The number of hydrogen-bond acceptors (Lipinski definition) is 2. The van der Waals surface area contributed by atoms with Gasteiger partial charge in [0.05, 0.1) is 3.72 Å². The molecule has 0 aliphatic heterocycles. The van der Waals surface area contributed by atoms with E-state index in [1.165, 1.54) is 0 Å². The summed E-state index contributed by atoms with van der Waals surface area (Å²) in [6.07, 6.45) is 7.03. The smallest absolute Gasteiger partial charge is 0.0919 e. The molecule has 2 nitrogen and oxygen atoms in total. The van der Waals surface area contributed by atoms with Crippen LogP contribution in [0.4, 0.5) is 0 Å². The number of nitrogens with one attached hydrogen (secondary N) is 2. The lowest BCUT2D eigenvalue weighted by molar-refractivity contribution is 1.17. The Morgan fingerprint density at radius 3 is 2.64 bits per heavy atom. The summed E-state index contributed by atoms with van der Waals surface area (Å²) in [5, 5.41) is 9.95. The van der Waals surface area contributed by atoms with E-state index in [4.69, 9.17) is 5.41 Å². The van der Waals surface area contributed by atoms with E-state index in [0.29, 0.717) is 3.72 Å². The van der Waals surface area contributed by atoms with Gasteiger partial charge in [-0.05, 0) is 47.4 Å². The van der Waals surface area contributed by atoms with Crippen molar-refractivity contribution >= 4 is 26.3 Å². The maximum absolute atomic E-state index is 7.10. The Hall–Kier alpha value is -0.580. The van der Waals surface area contributed by atoms with Gasteiger partial charge in [0, 0.05) is 6.20 Å². The second-order valence-electron chi connectivity index (χ2n) is 1.94. The molecule has 0 aliphatic carbocycles. The van der Waals surface area contributed by atoms with E-state index in [1.54, 1.807) is 12.3 Å². The summed E-state index contributed by atoms with van der Waals surface area (Å²) in [5.74, 6) is 0. The lowest BCUT2D eigenvalue weighted by atomic mass is 10.3. The van der Waals surface area contributed by atoms with Crippen LogP contribution in [0.3, 0.4) is 0 Å². The van der Waals surface area contributed by atoms with Crippen molar-refractivity contribution in [2.45, 2.75) is 6.92 Å². The van der Waals surface area contributed by atoms with E-state index in [1.807, 2.05) is 41.8 Å². The van der Waals surface area contributed by atoms with Crippen LogP contribution in [0.5, 0.6) is 0 Å². The van der Waals surface area contributed by atoms with E-state index >= 15 is 0 Å². The van der Waals surface area contributed by atoms with E-state index in [-0.39, 0.29) is 0 Å². The average molecular weight is 262 g/mol. The highest BCUT2D eigenvalue weighted by atomic mass is 127. The fourth-order valence-electron chi connectivity index (χ4n) is 0.443. The third kappa shape index (κ3) is 7.32. The molecule has 0 heterocycles. The van der Waals surface area contributed by atoms with E-state index in [9.17, 15) is 0 Å². The van der Waals surface area contributed by atoms with Gasteiger partial charge in [-0.3, -0.25) is 5.41 Å². The van der Waals surface area contributed by atoms with Crippen LogP contribution in [-0.4, -0.2) is 3.72 Å². The monoisotopic (exact) mass is 262 g/mol. The van der Waals surface area contributed by atoms with Crippen molar-refractivity contribution in [3.63, 3.8) is 0 Å². The molecule has 0 unspecified atom stereocenters. The molecule has 11 heavy (non-hydrogen) atoms. The summed E-state index contributed by atoms with van der Waals surface area (Å²) in [4.78, 5) is 0. The fraction of sp³-hybridized carbons (Fsp3) is 0.125. The van der Waals surface area contributed by atoms with Gasteiger partial charge in [0.15, 0.2) is 0 Å². The zero-order valence-electron chi connectivity index (χ0n) is 6.39. The normalized spacial score (nSPS) is 11.6. The van der Waals surface area contributed by atoms with Gasteiger partial charge in [-0.15, -0.1) is 0 Å². The van der Waals surface area contributed by atoms with Crippen molar-refractivity contribution < 1.29 is 0 Å². The molecule has 0 spiro atoms. The standard InChI is InChI=1S/C8H11IN2/c1-3-11-6-7(2)4-5-8(9)10/h3-6,10-11H,1H2,2H3/b5-4-,7-6-,10-8?. The maximum Gasteiger partial charge on any atom is 0.0919 e. The molecular weight excluding hydrogens is 251 g/mol. The molecule has 0 rings (SSSR count). The first-order valence-electron chi connectivity index (χ1n) is 3.12. The molecule has 3 heteroatoms. The topological polar surface area (TPSA) is 35.9 Å². The van der Waals surface area contributed by atoms with Crippen LogP contribution in [0.25, 0.3) is 0 Å². The first-order chi connectivity index (χ1) is 5.16. The van der Waals surface area contributed by atoms with E-state index in [0.717, 1.165) is 5.57 Å². The van der Waals surface area contributed by atoms with Gasteiger partial charge in [-0.2, -0.15) is 0 Å². The summed E-state index contributed by atoms with van der Waals surface area (Å²) in [6.45, 7) is 5.46. The van der Waals surface area contributed by atoms with Crippen molar-refractivity contribution in [2.75, 3.05) is 0 Å². The van der Waals surface area contributed by atoms with Gasteiger partial charge in [0.2, 0.25) is 0 Å². The predicted molar refractivity (Wildman–Crippen MR) is 58.0 cm³/mol. The Bertz CT molecular complexity index is 204. The Kier molecular flexibility index (Phi) is 5.83. The highest BCUT2D eigenvalue weighted by molar-refractivity contribution is 14.1. The van der Waals surface area contributed by atoms with Crippen LogP contribution in [0.1, 0.15) is 6.92 Å². The number of halogens is 1. The van der Waals surface area contributed by atoms with Crippen molar-refractivity contribution in [2.24, 2.45) is 0 Å². The first kappa shape index (κ1) is 10.4. The minimum absolute atomic E-state index is 0.522. The van der Waals surface area contributed by atoms with E-state index < -0.39 is 0 Å². The van der Waals surface area contributed by atoms with Gasteiger partial charge in [0.1, 0.15) is 0 Å². The highest BCUT2D eigenvalue weighted by Crippen LogP contribution is 1.95. The van der Waals surface area contributed by atoms with Crippen molar-refractivity contribution in [3.05, 3.63) is 36.7 Å². The lowest BCUT2D eigenvalue weighted by Gasteiger charge is -1.91. The molecule has 0 bridgehead atoms. The summed E-state index contributed by atoms with van der Waals surface area (Å²) in [7, 11) is 0. The summed E-state index contributed by atoms with van der Waals surface area (Å²) < 4.78 is 0.522. The third-order valence-corrected chi connectivity index (χ3v) is 1.28. The number of allylic oxidation sites excluding steroid dienone is 3. The molecule has 60 valence electrons. The van der Waals surface area contributed by atoms with Crippen LogP contribution < -0.4 is 5.32 Å². The Labute approximate surface area is 80.7 Å². The second kappa shape index (κ2) is 6.15. The SMILES string of the molecule is C=CN/C=C(C)\C=C/C(=N)I. The number of rotatable bonds is 4. The van der Waals surface area contributed by atoms with Crippen LogP contribution in [0.15, 0.2) is 36.7 Å². The van der Waals surface area contributed by atoms with Crippen molar-refractivity contribution in [1.29, 1.82) is 5.41 Å². The maximum atomic E-state index is 7.10. The summed E-state index contributed by atoms with van der Waals surface area (Å²) in [5.41, 5.74) is 1.06. The molecule has 0 fully saturated rings. The molecule has 0 aliphatic rings. The minimum Gasteiger partial charge on any atom is -0.368 e. The molecule has 0 saturated heterocycles. The van der Waals surface area contributed by atoms with Gasteiger partial charge >= 0.3 is 0 Å². The van der Waals surface area contributed by atoms with Gasteiger partial charge in [0.25, 0.3) is 0 Å². The summed E-state index contributed by atoms with van der Waals surface area (Å²) in [6, 6.07) is 0.